The summed E-state index contributed by atoms with van der Waals surface area (Å²) in [5, 5.41) is 6.20. The molecule has 1 aliphatic heterocycles. The number of carbonyl (C=O) groups excluding carboxylic acids is 2. The van der Waals surface area contributed by atoms with E-state index in [1.807, 2.05) is 25.8 Å². The smallest absolute Gasteiger partial charge is 0.232 e. The predicted molar refractivity (Wildman–Crippen MR) is 96.8 cm³/mol. The number of hydrogen-bond donors (Lipinski definition) is 2. The summed E-state index contributed by atoms with van der Waals surface area (Å²) in [6, 6.07) is 0.177. The first-order valence-electron chi connectivity index (χ1n) is 8.53. The maximum absolute atomic E-state index is 12.0. The van der Waals surface area contributed by atoms with E-state index in [1.54, 1.807) is 0 Å². The molecule has 7 heteroatoms. The summed E-state index contributed by atoms with van der Waals surface area (Å²) in [4.78, 5) is 27.8. The molecule has 23 heavy (non-hydrogen) atoms. The lowest BCUT2D eigenvalue weighted by Gasteiger charge is -2.28. The van der Waals surface area contributed by atoms with E-state index in [0.29, 0.717) is 17.9 Å². The molecule has 134 valence electrons. The van der Waals surface area contributed by atoms with Crippen molar-refractivity contribution in [2.24, 2.45) is 0 Å². The second-order valence-corrected chi connectivity index (χ2v) is 7.39. The molecule has 0 aromatic carbocycles. The van der Waals surface area contributed by atoms with Crippen LogP contribution < -0.4 is 10.6 Å². The monoisotopic (exact) mass is 344 g/mol. The van der Waals surface area contributed by atoms with Crippen molar-refractivity contribution < 1.29 is 9.59 Å². The van der Waals surface area contributed by atoms with Crippen LogP contribution in [0.5, 0.6) is 0 Å². The van der Waals surface area contributed by atoms with Crippen LogP contribution in [-0.4, -0.2) is 85.5 Å². The molecule has 1 rings (SSSR count). The predicted octanol–water partition coefficient (Wildman–Crippen LogP) is 0.388. The van der Waals surface area contributed by atoms with Gasteiger partial charge in [-0.25, -0.2) is 0 Å². The average molecular weight is 345 g/mol. The molecule has 0 aromatic heterocycles. The van der Waals surface area contributed by atoms with Gasteiger partial charge in [0.15, 0.2) is 0 Å². The summed E-state index contributed by atoms with van der Waals surface area (Å²) in [5.74, 6) is 1.36. The number of nitrogens with one attached hydrogen (secondary N) is 2. The van der Waals surface area contributed by atoms with Gasteiger partial charge in [-0.15, -0.1) is 0 Å². The standard InChI is InChI=1S/C16H32N4O2S/c1-14(2)18-15(21)5-12-23-13-16(22)19(3)8-4-9-20-10-6-17-7-11-20/h14,17H,4-13H2,1-3H3,(H,18,21). The molecule has 1 fully saturated rings. The van der Waals surface area contributed by atoms with Crippen LogP contribution in [0.4, 0.5) is 0 Å². The molecule has 0 aliphatic carbocycles. The van der Waals surface area contributed by atoms with Gasteiger partial charge in [0.25, 0.3) is 0 Å². The summed E-state index contributed by atoms with van der Waals surface area (Å²) in [7, 11) is 1.87. The Hall–Kier alpha value is -0.790. The summed E-state index contributed by atoms with van der Waals surface area (Å²) >= 11 is 1.54. The summed E-state index contributed by atoms with van der Waals surface area (Å²) in [6.07, 6.45) is 1.49. The normalized spacial score (nSPS) is 15.7. The van der Waals surface area contributed by atoms with Gasteiger partial charge in [-0.3, -0.25) is 9.59 Å². The summed E-state index contributed by atoms with van der Waals surface area (Å²) < 4.78 is 0. The van der Waals surface area contributed by atoms with E-state index in [2.05, 4.69) is 15.5 Å². The lowest BCUT2D eigenvalue weighted by atomic mass is 10.3. The molecular weight excluding hydrogens is 312 g/mol. The van der Waals surface area contributed by atoms with Gasteiger partial charge in [0.1, 0.15) is 0 Å². The zero-order valence-electron chi connectivity index (χ0n) is 14.8. The SMILES string of the molecule is CC(C)NC(=O)CCSCC(=O)N(C)CCCN1CCNCC1. The first-order chi connectivity index (χ1) is 11.0. The lowest BCUT2D eigenvalue weighted by Crippen LogP contribution is -2.44. The molecule has 0 saturated carbocycles. The van der Waals surface area contributed by atoms with E-state index < -0.39 is 0 Å². The molecule has 0 unspecified atom stereocenters. The Morgan fingerprint density at radius 3 is 2.65 bits per heavy atom. The van der Waals surface area contributed by atoms with Gasteiger partial charge in [0, 0.05) is 58.0 Å². The summed E-state index contributed by atoms with van der Waals surface area (Å²) in [5.41, 5.74) is 0. The van der Waals surface area contributed by atoms with Crippen LogP contribution in [0.3, 0.4) is 0 Å². The number of amides is 2. The van der Waals surface area contributed by atoms with Crippen molar-refractivity contribution in [1.29, 1.82) is 0 Å². The zero-order valence-corrected chi connectivity index (χ0v) is 15.6. The minimum atomic E-state index is 0.0596. The van der Waals surface area contributed by atoms with Gasteiger partial charge in [0.2, 0.25) is 11.8 Å². The number of thioether (sulfide) groups is 1. The van der Waals surface area contributed by atoms with E-state index in [4.69, 9.17) is 0 Å². The molecule has 0 atom stereocenters. The van der Waals surface area contributed by atoms with E-state index in [1.165, 1.54) is 11.8 Å². The highest BCUT2D eigenvalue weighted by molar-refractivity contribution is 7.99. The zero-order chi connectivity index (χ0) is 17.1. The fourth-order valence-corrected chi connectivity index (χ4v) is 3.29. The van der Waals surface area contributed by atoms with E-state index in [-0.39, 0.29) is 17.9 Å². The van der Waals surface area contributed by atoms with Crippen molar-refractivity contribution >= 4 is 23.6 Å². The molecule has 0 radical (unpaired) electrons. The number of piperazine rings is 1. The highest BCUT2D eigenvalue weighted by Crippen LogP contribution is 2.05. The van der Waals surface area contributed by atoms with Crippen molar-refractivity contribution in [1.82, 2.24) is 20.4 Å². The minimum absolute atomic E-state index is 0.0596. The third-order valence-corrected chi connectivity index (χ3v) is 4.70. The van der Waals surface area contributed by atoms with Crippen LogP contribution in [0.1, 0.15) is 26.7 Å². The van der Waals surface area contributed by atoms with Crippen molar-refractivity contribution in [3.8, 4) is 0 Å². The van der Waals surface area contributed by atoms with Crippen molar-refractivity contribution in [2.75, 3.05) is 57.8 Å². The second kappa shape index (κ2) is 11.7. The number of nitrogens with zero attached hydrogens (tertiary/aromatic N) is 2. The number of carbonyl (C=O) groups is 2. The fraction of sp³-hybridized carbons (Fsp3) is 0.875. The molecule has 2 N–H and O–H groups in total. The third kappa shape index (κ3) is 9.84. The van der Waals surface area contributed by atoms with Gasteiger partial charge >= 0.3 is 0 Å². The first kappa shape index (κ1) is 20.3. The molecular formula is C16H32N4O2S. The highest BCUT2D eigenvalue weighted by atomic mass is 32.2. The molecule has 6 nitrogen and oxygen atoms in total. The van der Waals surface area contributed by atoms with Crippen LogP contribution in [0.15, 0.2) is 0 Å². The third-order valence-electron chi connectivity index (χ3n) is 3.75. The van der Waals surface area contributed by atoms with E-state index >= 15 is 0 Å². The quantitative estimate of drug-likeness (QED) is 0.561. The van der Waals surface area contributed by atoms with Crippen LogP contribution in [0.25, 0.3) is 0 Å². The van der Waals surface area contributed by atoms with Gasteiger partial charge in [-0.2, -0.15) is 11.8 Å². The van der Waals surface area contributed by atoms with Crippen molar-refractivity contribution in [3.63, 3.8) is 0 Å². The topological polar surface area (TPSA) is 64.7 Å². The second-order valence-electron chi connectivity index (χ2n) is 6.29. The lowest BCUT2D eigenvalue weighted by molar-refractivity contribution is -0.127. The molecule has 1 saturated heterocycles. The Bertz CT molecular complexity index is 360. The van der Waals surface area contributed by atoms with Crippen LogP contribution in [0, 0.1) is 0 Å². The highest BCUT2D eigenvalue weighted by Gasteiger charge is 2.12. The Labute approximate surface area is 144 Å². The van der Waals surface area contributed by atoms with E-state index in [0.717, 1.165) is 45.7 Å². The maximum atomic E-state index is 12.0. The van der Waals surface area contributed by atoms with Gasteiger partial charge in [-0.05, 0) is 26.8 Å². The van der Waals surface area contributed by atoms with Crippen molar-refractivity contribution in [2.45, 2.75) is 32.7 Å². The summed E-state index contributed by atoms with van der Waals surface area (Å²) in [6.45, 7) is 10.1. The van der Waals surface area contributed by atoms with Crippen LogP contribution >= 0.6 is 11.8 Å². The van der Waals surface area contributed by atoms with Gasteiger partial charge in [0.05, 0.1) is 5.75 Å². The molecule has 0 aromatic rings. The molecule has 1 aliphatic rings. The minimum Gasteiger partial charge on any atom is -0.354 e. The largest absolute Gasteiger partial charge is 0.354 e. The molecule has 0 bridgehead atoms. The Morgan fingerprint density at radius 2 is 2.00 bits per heavy atom. The maximum Gasteiger partial charge on any atom is 0.232 e. The fourth-order valence-electron chi connectivity index (χ4n) is 2.42. The number of rotatable bonds is 10. The van der Waals surface area contributed by atoms with Crippen molar-refractivity contribution in [3.05, 3.63) is 0 Å². The molecule has 1 heterocycles. The van der Waals surface area contributed by atoms with E-state index in [9.17, 15) is 9.59 Å². The Balaban J connectivity index is 2.03. The van der Waals surface area contributed by atoms with Gasteiger partial charge < -0.3 is 20.4 Å². The first-order valence-corrected chi connectivity index (χ1v) is 9.68. The van der Waals surface area contributed by atoms with Gasteiger partial charge in [-0.1, -0.05) is 0 Å². The Morgan fingerprint density at radius 1 is 1.30 bits per heavy atom. The molecule has 0 spiro atoms. The average Bonchev–Trinajstić information content (AvgIpc) is 2.51. The number of hydrogen-bond acceptors (Lipinski definition) is 5. The van der Waals surface area contributed by atoms with Crippen LogP contribution in [-0.2, 0) is 9.59 Å². The van der Waals surface area contributed by atoms with Crippen LogP contribution in [0.2, 0.25) is 0 Å². The Kier molecular flexibility index (Phi) is 10.3. The molecule has 2 amide bonds.